The number of nitrogens with zero attached hydrogens (tertiary/aromatic N) is 3. The van der Waals surface area contributed by atoms with Gasteiger partial charge in [0.2, 0.25) is 0 Å². The number of halogens is 3. The van der Waals surface area contributed by atoms with Crippen LogP contribution in [0.2, 0.25) is 10.0 Å². The van der Waals surface area contributed by atoms with Crippen LogP contribution in [0.1, 0.15) is 29.8 Å². The summed E-state index contributed by atoms with van der Waals surface area (Å²) in [7, 11) is 0. The van der Waals surface area contributed by atoms with Gasteiger partial charge in [-0.25, -0.2) is 14.4 Å². The molecule has 1 aliphatic heterocycles. The van der Waals surface area contributed by atoms with Gasteiger partial charge in [0.25, 0.3) is 5.91 Å². The van der Waals surface area contributed by atoms with E-state index >= 15 is 0 Å². The van der Waals surface area contributed by atoms with Crippen molar-refractivity contribution in [3.8, 4) is 17.1 Å². The predicted octanol–water partition coefficient (Wildman–Crippen LogP) is 5.12. The highest BCUT2D eigenvalue weighted by Gasteiger charge is 2.21. The smallest absolute Gasteiger partial charge is 0.285 e. The van der Waals surface area contributed by atoms with Gasteiger partial charge in [-0.15, -0.1) is 0 Å². The third kappa shape index (κ3) is 4.45. The van der Waals surface area contributed by atoms with Crippen LogP contribution in [0.5, 0.6) is 0 Å². The Labute approximate surface area is 178 Å². The first-order valence-corrected chi connectivity index (χ1v) is 10.1. The van der Waals surface area contributed by atoms with E-state index in [1.807, 2.05) is 5.01 Å². The van der Waals surface area contributed by atoms with E-state index in [9.17, 15) is 9.18 Å². The molecule has 3 aromatic rings. The summed E-state index contributed by atoms with van der Waals surface area (Å²) in [5.74, 6) is -0.526. The van der Waals surface area contributed by atoms with Crippen LogP contribution < -0.4 is 5.43 Å². The molecule has 4 rings (SSSR count). The van der Waals surface area contributed by atoms with Crippen LogP contribution in [-0.4, -0.2) is 33.6 Å². The van der Waals surface area contributed by atoms with E-state index in [1.165, 1.54) is 6.07 Å². The number of hydrazine groups is 1. The molecule has 0 atom stereocenters. The van der Waals surface area contributed by atoms with Crippen LogP contribution in [0.25, 0.3) is 17.1 Å². The number of aromatic nitrogens is 2. The highest BCUT2D eigenvalue weighted by molar-refractivity contribution is 6.30. The monoisotopic (exact) mass is 432 g/mol. The Kier molecular flexibility index (Phi) is 5.85. The maximum absolute atomic E-state index is 14.6. The fourth-order valence-electron chi connectivity index (χ4n) is 3.36. The first-order chi connectivity index (χ1) is 14.0. The lowest BCUT2D eigenvalue weighted by atomic mass is 10.2. The van der Waals surface area contributed by atoms with Gasteiger partial charge in [-0.3, -0.25) is 14.8 Å². The lowest BCUT2D eigenvalue weighted by Gasteiger charge is -2.26. The highest BCUT2D eigenvalue weighted by atomic mass is 35.5. The first kappa shape index (κ1) is 19.9. The van der Waals surface area contributed by atoms with E-state index in [0.717, 1.165) is 32.4 Å². The molecular weight excluding hydrogens is 414 g/mol. The van der Waals surface area contributed by atoms with Crippen LogP contribution in [0.15, 0.2) is 48.7 Å². The van der Waals surface area contributed by atoms with E-state index in [2.05, 4.69) is 10.4 Å². The summed E-state index contributed by atoms with van der Waals surface area (Å²) in [6.45, 7) is 1.62. The van der Waals surface area contributed by atoms with Crippen molar-refractivity contribution in [2.24, 2.45) is 0 Å². The van der Waals surface area contributed by atoms with Crippen molar-refractivity contribution in [2.45, 2.75) is 19.3 Å². The van der Waals surface area contributed by atoms with Crippen molar-refractivity contribution >= 4 is 29.1 Å². The van der Waals surface area contributed by atoms with Gasteiger partial charge < -0.3 is 0 Å². The van der Waals surface area contributed by atoms with Crippen molar-refractivity contribution in [3.63, 3.8) is 0 Å². The van der Waals surface area contributed by atoms with Crippen molar-refractivity contribution in [1.29, 1.82) is 0 Å². The van der Waals surface area contributed by atoms with Gasteiger partial charge in [0.05, 0.1) is 5.56 Å². The molecule has 2 heterocycles. The van der Waals surface area contributed by atoms with E-state index in [-0.39, 0.29) is 17.2 Å². The Morgan fingerprint density at radius 1 is 1.00 bits per heavy atom. The fraction of sp³-hybridized carbons (Fsp3) is 0.238. The second-order valence-corrected chi connectivity index (χ2v) is 7.78. The van der Waals surface area contributed by atoms with Gasteiger partial charge in [0, 0.05) is 35.0 Å². The highest BCUT2D eigenvalue weighted by Crippen LogP contribution is 2.28. The second-order valence-electron chi connectivity index (χ2n) is 6.91. The summed E-state index contributed by atoms with van der Waals surface area (Å²) in [5.41, 5.74) is 4.06. The van der Waals surface area contributed by atoms with Crippen LogP contribution in [0.3, 0.4) is 0 Å². The standard InChI is InChI=1S/C21H19Cl2FN4O/c22-14-4-7-16(8-5-14)28-13-19(21(29)26-27-10-2-1-3-11-27)25-20(28)17-9-6-15(23)12-18(17)24/h4-9,12-13H,1-3,10-11H2,(H,26,29). The van der Waals surface area contributed by atoms with Gasteiger partial charge in [0.1, 0.15) is 17.3 Å². The predicted molar refractivity (Wildman–Crippen MR) is 112 cm³/mol. The number of nitrogens with one attached hydrogen (secondary N) is 1. The molecule has 0 saturated carbocycles. The molecule has 0 bridgehead atoms. The molecular formula is C21H19Cl2FN4O. The molecule has 1 N–H and O–H groups in total. The number of carbonyl (C=O) groups excluding carboxylic acids is 1. The Hall–Kier alpha value is -2.41. The minimum absolute atomic E-state index is 0.204. The van der Waals surface area contributed by atoms with Gasteiger partial charge in [-0.05, 0) is 55.3 Å². The van der Waals surface area contributed by atoms with Crippen LogP contribution in [0.4, 0.5) is 4.39 Å². The van der Waals surface area contributed by atoms with E-state index < -0.39 is 5.82 Å². The number of carbonyl (C=O) groups is 1. The van der Waals surface area contributed by atoms with Crippen LogP contribution in [-0.2, 0) is 0 Å². The van der Waals surface area contributed by atoms with Crippen LogP contribution >= 0.6 is 23.2 Å². The second kappa shape index (κ2) is 8.53. The SMILES string of the molecule is O=C(NN1CCCCC1)c1cn(-c2ccc(Cl)cc2)c(-c2ccc(Cl)cc2F)n1. The van der Waals surface area contributed by atoms with E-state index in [1.54, 1.807) is 47.2 Å². The van der Waals surface area contributed by atoms with Crippen LogP contribution in [0, 0.1) is 5.82 Å². The summed E-state index contributed by atoms with van der Waals surface area (Å²) < 4.78 is 16.3. The largest absolute Gasteiger partial charge is 0.299 e. The number of hydrogen-bond donors (Lipinski definition) is 1. The van der Waals surface area contributed by atoms with E-state index in [0.29, 0.717) is 21.6 Å². The van der Waals surface area contributed by atoms with Crippen molar-refractivity contribution in [1.82, 2.24) is 20.0 Å². The number of hydrogen-bond acceptors (Lipinski definition) is 3. The lowest BCUT2D eigenvalue weighted by Crippen LogP contribution is -2.45. The zero-order valence-corrected chi connectivity index (χ0v) is 17.0. The maximum atomic E-state index is 14.6. The molecule has 8 heteroatoms. The Bertz CT molecular complexity index is 1030. The molecule has 1 aliphatic rings. The Balaban J connectivity index is 1.73. The molecule has 29 heavy (non-hydrogen) atoms. The topological polar surface area (TPSA) is 50.2 Å². The van der Waals surface area contributed by atoms with Gasteiger partial charge in [-0.1, -0.05) is 29.6 Å². The molecule has 1 fully saturated rings. The zero-order chi connectivity index (χ0) is 20.4. The summed E-state index contributed by atoms with van der Waals surface area (Å²) in [5, 5.41) is 2.77. The number of benzene rings is 2. The molecule has 5 nitrogen and oxygen atoms in total. The average Bonchev–Trinajstić information content (AvgIpc) is 3.14. The molecule has 0 spiro atoms. The molecule has 0 aliphatic carbocycles. The minimum Gasteiger partial charge on any atom is -0.299 e. The summed E-state index contributed by atoms with van der Waals surface area (Å²) in [6, 6.07) is 11.4. The summed E-state index contributed by atoms with van der Waals surface area (Å²) in [4.78, 5) is 17.2. The first-order valence-electron chi connectivity index (χ1n) is 9.38. The van der Waals surface area contributed by atoms with E-state index in [4.69, 9.17) is 23.2 Å². The quantitative estimate of drug-likeness (QED) is 0.622. The third-order valence-electron chi connectivity index (χ3n) is 4.83. The molecule has 0 unspecified atom stereocenters. The average molecular weight is 433 g/mol. The number of imidazole rings is 1. The molecule has 150 valence electrons. The van der Waals surface area contributed by atoms with Gasteiger partial charge >= 0.3 is 0 Å². The molecule has 0 radical (unpaired) electrons. The Morgan fingerprint density at radius 2 is 1.69 bits per heavy atom. The number of amides is 1. The fourth-order valence-corrected chi connectivity index (χ4v) is 3.64. The van der Waals surface area contributed by atoms with Crippen molar-refractivity contribution < 1.29 is 9.18 Å². The molecule has 1 amide bonds. The molecule has 1 saturated heterocycles. The Morgan fingerprint density at radius 3 is 2.38 bits per heavy atom. The maximum Gasteiger partial charge on any atom is 0.285 e. The third-order valence-corrected chi connectivity index (χ3v) is 5.32. The number of rotatable bonds is 4. The summed E-state index contributed by atoms with van der Waals surface area (Å²) >= 11 is 11.9. The van der Waals surface area contributed by atoms with Crippen molar-refractivity contribution in [3.05, 3.63) is 70.2 Å². The normalized spacial score (nSPS) is 14.7. The van der Waals surface area contributed by atoms with Crippen molar-refractivity contribution in [2.75, 3.05) is 13.1 Å². The van der Waals surface area contributed by atoms with Gasteiger partial charge in [0.15, 0.2) is 0 Å². The lowest BCUT2D eigenvalue weighted by molar-refractivity contribution is 0.0745. The molecule has 2 aromatic carbocycles. The summed E-state index contributed by atoms with van der Waals surface area (Å²) in [6.07, 6.45) is 4.85. The van der Waals surface area contributed by atoms with Gasteiger partial charge in [-0.2, -0.15) is 0 Å². The number of piperidine rings is 1. The zero-order valence-electron chi connectivity index (χ0n) is 15.5. The minimum atomic E-state index is -0.513. The molecule has 1 aromatic heterocycles.